The van der Waals surface area contributed by atoms with Gasteiger partial charge in [0.05, 0.1) is 16.5 Å². The first-order valence-electron chi connectivity index (χ1n) is 12.1. The van der Waals surface area contributed by atoms with E-state index >= 15 is 0 Å². The topological polar surface area (TPSA) is 96.2 Å². The normalized spacial score (nSPS) is 15.6. The quantitative estimate of drug-likeness (QED) is 0.349. The van der Waals surface area contributed by atoms with Gasteiger partial charge in [0.1, 0.15) is 6.04 Å². The number of thiazole rings is 1. The number of ether oxygens (including phenoxy) is 1. The average Bonchev–Trinajstić information content (AvgIpc) is 3.44. The summed E-state index contributed by atoms with van der Waals surface area (Å²) in [4.78, 5) is 33.8. The number of hydrogen-bond donors (Lipinski definition) is 1. The number of carbonyl (C=O) groups excluding carboxylic acids is 2. The van der Waals surface area contributed by atoms with Crippen LogP contribution < -0.4 is 5.32 Å². The first-order chi connectivity index (χ1) is 16.3. The van der Waals surface area contributed by atoms with Gasteiger partial charge in [0.25, 0.3) is 0 Å². The zero-order valence-corrected chi connectivity index (χ0v) is 22.0. The molecule has 1 aliphatic rings. The van der Waals surface area contributed by atoms with Gasteiger partial charge in [0.15, 0.2) is 5.66 Å². The van der Waals surface area contributed by atoms with E-state index in [2.05, 4.69) is 47.2 Å². The van der Waals surface area contributed by atoms with Gasteiger partial charge in [0, 0.05) is 58.5 Å². The molecule has 188 valence electrons. The molecule has 2 unspecified atom stereocenters. The fourth-order valence-electron chi connectivity index (χ4n) is 3.64. The molecule has 0 saturated carbocycles. The van der Waals surface area contributed by atoms with E-state index in [-0.39, 0.29) is 18.2 Å². The lowest BCUT2D eigenvalue weighted by atomic mass is 9.94. The largest absolute Gasteiger partial charge is 0.384 e. The highest BCUT2D eigenvalue weighted by Gasteiger charge is 2.41. The molecule has 0 aromatic carbocycles. The number of rotatable bonds is 16. The molecule has 0 fully saturated rings. The second-order valence-corrected chi connectivity index (χ2v) is 10.3. The predicted octanol–water partition coefficient (Wildman–Crippen LogP) is 4.38. The molecule has 0 aliphatic carbocycles. The molecule has 2 rings (SSSR count). The first kappa shape index (κ1) is 27.9. The molecule has 2 heterocycles. The monoisotopic (exact) mass is 489 g/mol. The smallest absolute Gasteiger partial charge is 0.248 e. The van der Waals surface area contributed by atoms with Gasteiger partial charge in [-0.05, 0) is 25.2 Å². The van der Waals surface area contributed by atoms with Crippen molar-refractivity contribution in [3.63, 3.8) is 0 Å². The van der Waals surface area contributed by atoms with Crippen LogP contribution in [0.3, 0.4) is 0 Å². The fraction of sp³-hybridized carbons (Fsp3) is 0.720. The van der Waals surface area contributed by atoms with Crippen molar-refractivity contribution in [2.45, 2.75) is 77.9 Å². The van der Waals surface area contributed by atoms with E-state index < -0.39 is 11.7 Å². The lowest BCUT2D eigenvalue weighted by Gasteiger charge is -2.32. The summed E-state index contributed by atoms with van der Waals surface area (Å²) >= 11 is 1.46. The van der Waals surface area contributed by atoms with E-state index in [1.54, 1.807) is 18.2 Å². The molecule has 9 heteroatoms. The summed E-state index contributed by atoms with van der Waals surface area (Å²) in [5.74, 6) is 3.27. The van der Waals surface area contributed by atoms with E-state index in [0.29, 0.717) is 57.2 Å². The van der Waals surface area contributed by atoms with Crippen LogP contribution in [0.5, 0.6) is 0 Å². The maximum Gasteiger partial charge on any atom is 0.248 e. The van der Waals surface area contributed by atoms with Crippen molar-refractivity contribution in [1.29, 1.82) is 0 Å². The van der Waals surface area contributed by atoms with Crippen molar-refractivity contribution in [2.75, 3.05) is 26.8 Å². The molecular weight excluding hydrogens is 450 g/mol. The number of likely N-dealkylation sites (N-methyl/N-ethyl adjacent to an activating group) is 1. The lowest BCUT2D eigenvalue weighted by molar-refractivity contribution is -0.141. The van der Waals surface area contributed by atoms with Crippen molar-refractivity contribution in [2.24, 2.45) is 22.1 Å². The van der Waals surface area contributed by atoms with Crippen LogP contribution in [-0.4, -0.2) is 54.2 Å². The van der Waals surface area contributed by atoms with Crippen molar-refractivity contribution in [3.8, 4) is 12.3 Å². The lowest BCUT2D eigenvalue weighted by Crippen LogP contribution is -2.44. The number of nitrogens with one attached hydrogen (secondary N) is 1. The average molecular weight is 490 g/mol. The van der Waals surface area contributed by atoms with E-state index in [9.17, 15) is 9.59 Å². The minimum absolute atomic E-state index is 0.0727. The maximum absolute atomic E-state index is 13.6. The molecule has 34 heavy (non-hydrogen) atoms. The highest BCUT2D eigenvalue weighted by atomic mass is 32.1. The summed E-state index contributed by atoms with van der Waals surface area (Å²) < 4.78 is 5.16. The Bertz CT molecular complexity index is 870. The SMILES string of the molecule is C#CCCC1(CCC(=O)N(CCC(C)C(C)C)C(C(=O)NCC)c2cnc(CCOC)s2)N=N1. The summed E-state index contributed by atoms with van der Waals surface area (Å²) in [6.45, 7) is 9.95. The van der Waals surface area contributed by atoms with Gasteiger partial charge in [0.2, 0.25) is 11.8 Å². The Labute approximate surface area is 208 Å². The number of nitrogens with zero attached hydrogens (tertiary/aromatic N) is 4. The number of methoxy groups -OCH3 is 1. The Kier molecular flexibility index (Phi) is 11.1. The van der Waals surface area contributed by atoms with Crippen molar-refractivity contribution in [1.82, 2.24) is 15.2 Å². The third-order valence-electron chi connectivity index (χ3n) is 6.35. The Morgan fingerprint density at radius 3 is 2.62 bits per heavy atom. The molecule has 1 aromatic rings. The number of carbonyl (C=O) groups is 2. The molecule has 1 aliphatic heterocycles. The van der Waals surface area contributed by atoms with Gasteiger partial charge in [-0.1, -0.05) is 20.8 Å². The first-order valence-corrected chi connectivity index (χ1v) is 13.0. The van der Waals surface area contributed by atoms with Crippen LogP contribution >= 0.6 is 11.3 Å². The van der Waals surface area contributed by atoms with Gasteiger partial charge in [-0.25, -0.2) is 4.98 Å². The summed E-state index contributed by atoms with van der Waals surface area (Å²) in [7, 11) is 1.65. The van der Waals surface area contributed by atoms with Crippen molar-refractivity contribution >= 4 is 23.2 Å². The van der Waals surface area contributed by atoms with E-state index in [4.69, 9.17) is 11.2 Å². The second-order valence-electron chi connectivity index (χ2n) is 9.18. The van der Waals surface area contributed by atoms with Crippen LogP contribution in [0.15, 0.2) is 16.4 Å². The zero-order chi connectivity index (χ0) is 25.1. The number of aromatic nitrogens is 1. The number of amides is 2. The summed E-state index contributed by atoms with van der Waals surface area (Å²) in [5, 5.41) is 12.1. The highest BCUT2D eigenvalue weighted by Crippen LogP contribution is 2.38. The van der Waals surface area contributed by atoms with E-state index in [0.717, 1.165) is 16.3 Å². The van der Waals surface area contributed by atoms with Gasteiger partial charge in [-0.3, -0.25) is 9.59 Å². The number of hydrogen-bond acceptors (Lipinski definition) is 7. The molecule has 1 N–H and O–H groups in total. The minimum Gasteiger partial charge on any atom is -0.384 e. The second kappa shape index (κ2) is 13.5. The van der Waals surface area contributed by atoms with Gasteiger partial charge in [-0.15, -0.1) is 23.7 Å². The Hall–Kier alpha value is -2.31. The van der Waals surface area contributed by atoms with Crippen LogP contribution in [0.25, 0.3) is 0 Å². The van der Waals surface area contributed by atoms with Crippen LogP contribution in [0, 0.1) is 24.2 Å². The third kappa shape index (κ3) is 8.17. The van der Waals surface area contributed by atoms with Crippen LogP contribution in [0.1, 0.15) is 75.7 Å². The Balaban J connectivity index is 2.26. The summed E-state index contributed by atoms with van der Waals surface area (Å²) in [6.07, 6.45) is 10.6. The van der Waals surface area contributed by atoms with Gasteiger partial charge in [-0.2, -0.15) is 10.2 Å². The van der Waals surface area contributed by atoms with Crippen molar-refractivity contribution < 1.29 is 14.3 Å². The van der Waals surface area contributed by atoms with Crippen molar-refractivity contribution in [3.05, 3.63) is 16.1 Å². The molecule has 0 spiro atoms. The van der Waals surface area contributed by atoms with Crippen LogP contribution in [-0.2, 0) is 20.7 Å². The van der Waals surface area contributed by atoms with Crippen LogP contribution in [0.2, 0.25) is 0 Å². The van der Waals surface area contributed by atoms with Gasteiger partial charge >= 0.3 is 0 Å². The number of terminal acetylenes is 1. The minimum atomic E-state index is -0.713. The summed E-state index contributed by atoms with van der Waals surface area (Å²) in [6, 6.07) is -0.713. The third-order valence-corrected chi connectivity index (χ3v) is 7.46. The fourth-order valence-corrected chi connectivity index (χ4v) is 4.66. The van der Waals surface area contributed by atoms with Crippen LogP contribution in [0.4, 0.5) is 0 Å². The molecule has 2 atom stereocenters. The molecule has 0 bridgehead atoms. The molecular formula is C25H39N5O3S. The van der Waals surface area contributed by atoms with E-state index in [1.807, 2.05) is 6.92 Å². The highest BCUT2D eigenvalue weighted by molar-refractivity contribution is 7.11. The molecule has 0 saturated heterocycles. The standard InChI is InChI=1S/C25H39N5O3S/c1-7-9-13-25(28-29-25)14-10-22(31)30(15-11-19(5)18(3)4)23(24(32)26-8-2)20-17-27-21(34-20)12-16-33-6/h1,17-19,23H,8-16H2,2-6H3,(H,26,32). The Morgan fingerprint density at radius 1 is 1.29 bits per heavy atom. The molecule has 1 aromatic heterocycles. The maximum atomic E-state index is 13.6. The predicted molar refractivity (Wildman–Crippen MR) is 134 cm³/mol. The molecule has 0 radical (unpaired) electrons. The van der Waals surface area contributed by atoms with E-state index in [1.165, 1.54) is 11.3 Å². The molecule has 8 nitrogen and oxygen atoms in total. The Morgan fingerprint density at radius 2 is 2.03 bits per heavy atom. The zero-order valence-electron chi connectivity index (χ0n) is 21.2. The summed E-state index contributed by atoms with van der Waals surface area (Å²) in [5.41, 5.74) is -0.530. The molecule has 2 amide bonds. The van der Waals surface area contributed by atoms with Gasteiger partial charge < -0.3 is 15.0 Å².